The van der Waals surface area contributed by atoms with Crippen LogP contribution in [0, 0.1) is 11.8 Å². The second-order valence-electron chi connectivity index (χ2n) is 7.73. The molecular formula is C19H42OSn. The van der Waals surface area contributed by atoms with Crippen LogP contribution in [0.25, 0.3) is 0 Å². The van der Waals surface area contributed by atoms with Crippen molar-refractivity contribution in [3.05, 3.63) is 0 Å². The maximum atomic E-state index is 10.5. The van der Waals surface area contributed by atoms with Gasteiger partial charge in [-0.15, -0.1) is 0 Å². The summed E-state index contributed by atoms with van der Waals surface area (Å²) in [6.07, 6.45) is 8.26. The minimum absolute atomic E-state index is 0.0917. The van der Waals surface area contributed by atoms with Gasteiger partial charge >= 0.3 is 139 Å². The number of rotatable bonds is 13. The molecule has 0 aromatic heterocycles. The normalized spacial score (nSPS) is 15.4. The second-order valence-corrected chi connectivity index (χ2v) is 21.7. The first-order valence-corrected chi connectivity index (χ1v) is 17.7. The molecule has 0 aromatic rings. The molecule has 21 heavy (non-hydrogen) atoms. The monoisotopic (exact) mass is 406 g/mol. The van der Waals surface area contributed by atoms with Crippen LogP contribution in [0.5, 0.6) is 0 Å². The van der Waals surface area contributed by atoms with E-state index in [0.717, 1.165) is 0 Å². The molecule has 2 atom stereocenters. The molecule has 0 unspecified atom stereocenters. The Morgan fingerprint density at radius 2 is 1.14 bits per heavy atom. The molecule has 0 spiro atoms. The summed E-state index contributed by atoms with van der Waals surface area (Å²) in [5.74, 6) is 0.930. The van der Waals surface area contributed by atoms with Gasteiger partial charge in [-0.3, -0.25) is 0 Å². The van der Waals surface area contributed by atoms with Crippen molar-refractivity contribution >= 4 is 18.4 Å². The summed E-state index contributed by atoms with van der Waals surface area (Å²) in [5, 5.41) is 10.5. The van der Waals surface area contributed by atoms with Crippen LogP contribution in [0.2, 0.25) is 17.7 Å². The van der Waals surface area contributed by atoms with Crippen LogP contribution in [-0.2, 0) is 0 Å². The first-order valence-electron chi connectivity index (χ1n) is 9.60. The molecule has 1 N–H and O–H groups in total. The standard InChI is InChI=1S/C7H15O.3C4H9.Sn/c1-5(2)7(8)6(3)4;3*1-3-4-2;/h5-8H,1H2,2-4H3;3*1,3-4H2,2H3;/t5-,7+;;;;/m0..../s1. The van der Waals surface area contributed by atoms with E-state index in [1.807, 2.05) is 0 Å². The van der Waals surface area contributed by atoms with Crippen molar-refractivity contribution < 1.29 is 5.11 Å². The third kappa shape index (κ3) is 8.83. The fourth-order valence-corrected chi connectivity index (χ4v) is 21.7. The number of aliphatic hydroxyl groups excluding tert-OH is 1. The molecule has 0 aliphatic carbocycles. The summed E-state index contributed by atoms with van der Waals surface area (Å²) in [6, 6.07) is 0. The van der Waals surface area contributed by atoms with Gasteiger partial charge in [-0.1, -0.05) is 0 Å². The first kappa shape index (κ1) is 21.8. The van der Waals surface area contributed by atoms with Crippen LogP contribution in [0.1, 0.15) is 80.1 Å². The van der Waals surface area contributed by atoms with Gasteiger partial charge in [0.25, 0.3) is 0 Å². The van der Waals surface area contributed by atoms with E-state index in [1.54, 1.807) is 13.3 Å². The van der Waals surface area contributed by atoms with E-state index in [9.17, 15) is 5.11 Å². The Balaban J connectivity index is 4.92. The molecule has 0 rings (SSSR count). The summed E-state index contributed by atoms with van der Waals surface area (Å²) in [7, 11) is 0. The SMILES string of the molecule is CCC[CH2][Sn]([CH2]CCC)([CH2]CCC)[CH2][C@@H](C)[C@@H](O)C(C)C. The summed E-state index contributed by atoms with van der Waals surface area (Å²) >= 11 is -2.05. The predicted molar refractivity (Wildman–Crippen MR) is 99.7 cm³/mol. The van der Waals surface area contributed by atoms with Crippen molar-refractivity contribution in [2.45, 2.75) is 104 Å². The third-order valence-electron chi connectivity index (χ3n) is 5.20. The van der Waals surface area contributed by atoms with Crippen LogP contribution >= 0.6 is 0 Å². The van der Waals surface area contributed by atoms with Crippen LogP contribution in [0.3, 0.4) is 0 Å². The first-order chi connectivity index (χ1) is 9.92. The van der Waals surface area contributed by atoms with Gasteiger partial charge in [0.1, 0.15) is 0 Å². The topological polar surface area (TPSA) is 20.2 Å². The summed E-state index contributed by atoms with van der Waals surface area (Å²) in [5.41, 5.74) is 0. The molecule has 0 heterocycles. The Kier molecular flexibility index (Phi) is 12.7. The molecule has 1 nitrogen and oxygen atoms in total. The molecule has 0 radical (unpaired) electrons. The van der Waals surface area contributed by atoms with Crippen LogP contribution < -0.4 is 0 Å². The number of unbranched alkanes of at least 4 members (excludes halogenated alkanes) is 3. The summed E-state index contributed by atoms with van der Waals surface area (Å²) < 4.78 is 6.13. The zero-order valence-electron chi connectivity index (χ0n) is 15.8. The van der Waals surface area contributed by atoms with Crippen molar-refractivity contribution in [3.8, 4) is 0 Å². The second kappa shape index (κ2) is 12.2. The van der Waals surface area contributed by atoms with E-state index >= 15 is 0 Å². The molecule has 0 saturated heterocycles. The van der Waals surface area contributed by atoms with Gasteiger partial charge < -0.3 is 0 Å². The average Bonchev–Trinajstić information content (AvgIpc) is 2.47. The van der Waals surface area contributed by atoms with Gasteiger partial charge in [0.05, 0.1) is 0 Å². The van der Waals surface area contributed by atoms with Gasteiger partial charge in [0.15, 0.2) is 0 Å². The number of aliphatic hydroxyl groups is 1. The van der Waals surface area contributed by atoms with Gasteiger partial charge in [0, 0.05) is 0 Å². The predicted octanol–water partition coefficient (Wildman–Crippen LogP) is 6.49. The molecule has 0 aromatic carbocycles. The van der Waals surface area contributed by atoms with Crippen LogP contribution in [0.15, 0.2) is 0 Å². The zero-order chi connectivity index (χ0) is 16.3. The molecule has 0 fully saturated rings. The average molecular weight is 405 g/mol. The maximum absolute atomic E-state index is 10.5. The molecule has 0 saturated carbocycles. The van der Waals surface area contributed by atoms with Crippen molar-refractivity contribution in [2.75, 3.05) is 0 Å². The fourth-order valence-electron chi connectivity index (χ4n) is 3.80. The van der Waals surface area contributed by atoms with Crippen molar-refractivity contribution in [3.63, 3.8) is 0 Å². The molecule has 0 aliphatic rings. The number of hydrogen-bond donors (Lipinski definition) is 1. The summed E-state index contributed by atoms with van der Waals surface area (Å²) in [4.78, 5) is 0. The zero-order valence-corrected chi connectivity index (χ0v) is 18.6. The van der Waals surface area contributed by atoms with Crippen molar-refractivity contribution in [1.82, 2.24) is 0 Å². The quantitative estimate of drug-likeness (QED) is 0.348. The minimum atomic E-state index is -2.05. The molecule has 0 aliphatic heterocycles. The number of hydrogen-bond acceptors (Lipinski definition) is 1. The van der Waals surface area contributed by atoms with E-state index < -0.39 is 18.4 Å². The van der Waals surface area contributed by atoms with E-state index in [2.05, 4.69) is 41.5 Å². The van der Waals surface area contributed by atoms with Gasteiger partial charge in [-0.25, -0.2) is 0 Å². The Hall–Kier alpha value is 0.759. The van der Waals surface area contributed by atoms with Crippen LogP contribution in [-0.4, -0.2) is 29.6 Å². The third-order valence-corrected chi connectivity index (χ3v) is 21.6. The van der Waals surface area contributed by atoms with Gasteiger partial charge in [-0.05, 0) is 0 Å². The van der Waals surface area contributed by atoms with Crippen molar-refractivity contribution in [1.29, 1.82) is 0 Å². The Bertz CT molecular complexity index is 218. The molecular weight excluding hydrogens is 363 g/mol. The van der Waals surface area contributed by atoms with E-state index in [-0.39, 0.29) is 6.10 Å². The Labute approximate surface area is 139 Å². The van der Waals surface area contributed by atoms with E-state index in [4.69, 9.17) is 0 Å². The van der Waals surface area contributed by atoms with Crippen molar-refractivity contribution in [2.24, 2.45) is 11.8 Å². The van der Waals surface area contributed by atoms with E-state index in [0.29, 0.717) is 11.8 Å². The molecule has 128 valence electrons. The Morgan fingerprint density at radius 1 is 0.762 bits per heavy atom. The molecule has 0 bridgehead atoms. The van der Waals surface area contributed by atoms with Crippen LogP contribution in [0.4, 0.5) is 0 Å². The fraction of sp³-hybridized carbons (Fsp3) is 1.00. The molecule has 2 heteroatoms. The summed E-state index contributed by atoms with van der Waals surface area (Å²) in [6.45, 7) is 13.7. The van der Waals surface area contributed by atoms with Gasteiger partial charge in [-0.2, -0.15) is 0 Å². The Morgan fingerprint density at radius 3 is 1.43 bits per heavy atom. The molecule has 0 amide bonds. The van der Waals surface area contributed by atoms with E-state index in [1.165, 1.54) is 43.0 Å². The van der Waals surface area contributed by atoms with Gasteiger partial charge in [0.2, 0.25) is 0 Å².